The maximum Gasteiger partial charge on any atom is 0.308 e. The standard InChI is InChI=1S/C24H30N4O5/c1-14(2)22(30)33-12-11-32-20-10-9-18(21(29)15(20)3)27-26-17-8-7-16(13-19(17)28(26)27)25-23(31)24(4,5)6/h7-10,13-14,29H,11-12H2,1-6H3,(H,25,31). The molecular formula is C24H30N4O5. The van der Waals surface area contributed by atoms with E-state index < -0.39 is 5.41 Å². The molecule has 0 saturated carbocycles. The Morgan fingerprint density at radius 1 is 1.06 bits per heavy atom. The summed E-state index contributed by atoms with van der Waals surface area (Å²) in [5.41, 5.74) is 3.37. The quantitative estimate of drug-likeness (QED) is 0.325. The number of ether oxygens (including phenoxy) is 2. The predicted molar refractivity (Wildman–Crippen MR) is 125 cm³/mol. The van der Waals surface area contributed by atoms with Crippen LogP contribution >= 0.6 is 0 Å². The van der Waals surface area contributed by atoms with Gasteiger partial charge in [0.05, 0.1) is 5.92 Å². The number of hydrogen-bond donors (Lipinski definition) is 2. The van der Waals surface area contributed by atoms with Gasteiger partial charge >= 0.3 is 5.97 Å². The number of phenols is 1. The lowest BCUT2D eigenvalue weighted by atomic mass is 9.95. The van der Waals surface area contributed by atoms with Crippen molar-refractivity contribution in [3.05, 3.63) is 35.9 Å². The van der Waals surface area contributed by atoms with E-state index in [-0.39, 0.29) is 36.8 Å². The molecule has 0 aliphatic carbocycles. The number of aromatic hydroxyl groups is 1. The molecule has 0 unspecified atom stereocenters. The normalized spacial score (nSPS) is 12.2. The zero-order valence-corrected chi connectivity index (χ0v) is 19.8. The molecule has 0 bridgehead atoms. The largest absolute Gasteiger partial charge is 0.505 e. The van der Waals surface area contributed by atoms with Gasteiger partial charge in [0.25, 0.3) is 0 Å². The van der Waals surface area contributed by atoms with Gasteiger partial charge in [0.2, 0.25) is 5.91 Å². The Morgan fingerprint density at radius 3 is 2.42 bits per heavy atom. The molecule has 0 aliphatic rings. The van der Waals surface area contributed by atoms with Gasteiger partial charge in [-0.3, -0.25) is 9.59 Å². The third-order valence-corrected chi connectivity index (χ3v) is 5.49. The Bertz CT molecular complexity index is 1320. The summed E-state index contributed by atoms with van der Waals surface area (Å²) in [6, 6.07) is 9.27. The van der Waals surface area contributed by atoms with Crippen LogP contribution in [0, 0.1) is 18.3 Å². The van der Waals surface area contributed by atoms with Crippen molar-refractivity contribution in [1.82, 2.24) is 14.1 Å². The summed E-state index contributed by atoms with van der Waals surface area (Å²) >= 11 is 0. The Kier molecular flexibility index (Phi) is 5.51. The first-order valence-corrected chi connectivity index (χ1v) is 11.0. The van der Waals surface area contributed by atoms with E-state index in [2.05, 4.69) is 5.32 Å². The van der Waals surface area contributed by atoms with Crippen molar-refractivity contribution >= 4 is 28.6 Å². The molecule has 0 aliphatic heterocycles. The first kappa shape index (κ1) is 22.6. The number of aromatic nitrogens is 3. The van der Waals surface area contributed by atoms with E-state index in [4.69, 9.17) is 9.47 Å². The van der Waals surface area contributed by atoms with Crippen LogP contribution in [-0.2, 0) is 14.3 Å². The number of rotatable bonds is 7. The molecule has 0 radical (unpaired) electrons. The summed E-state index contributed by atoms with van der Waals surface area (Å²) in [6.07, 6.45) is 0. The first-order chi connectivity index (χ1) is 15.5. The molecule has 4 rings (SSSR count). The van der Waals surface area contributed by atoms with Crippen LogP contribution < -0.4 is 10.1 Å². The second-order valence-electron chi connectivity index (χ2n) is 9.50. The topological polar surface area (TPSA) is 98.6 Å². The number of carbonyl (C=O) groups is 2. The highest BCUT2D eigenvalue weighted by atomic mass is 16.6. The SMILES string of the molecule is Cc1c(OCCOC(=O)C(C)C)ccc(-n2n3c4ccc(NC(=O)C(C)(C)C)cc4n23)c1O. The summed E-state index contributed by atoms with van der Waals surface area (Å²) in [6.45, 7) is 11.3. The smallest absolute Gasteiger partial charge is 0.308 e. The number of amides is 1. The predicted octanol–water partition coefficient (Wildman–Crippen LogP) is 4.00. The Balaban J connectivity index is 1.50. The maximum atomic E-state index is 12.3. The zero-order valence-electron chi connectivity index (χ0n) is 19.8. The van der Waals surface area contributed by atoms with Crippen molar-refractivity contribution in [2.45, 2.75) is 41.5 Å². The Labute approximate surface area is 191 Å². The summed E-state index contributed by atoms with van der Waals surface area (Å²) in [5, 5.41) is 13.7. The molecule has 4 aromatic rings. The van der Waals surface area contributed by atoms with E-state index >= 15 is 0 Å². The van der Waals surface area contributed by atoms with E-state index in [1.807, 2.05) is 53.0 Å². The maximum absolute atomic E-state index is 12.3. The van der Waals surface area contributed by atoms with Crippen molar-refractivity contribution in [2.24, 2.45) is 11.3 Å². The second-order valence-corrected chi connectivity index (χ2v) is 9.50. The lowest BCUT2D eigenvalue weighted by molar-refractivity contribution is -0.148. The lowest BCUT2D eigenvalue weighted by Crippen LogP contribution is -2.27. The summed E-state index contributed by atoms with van der Waals surface area (Å²) in [5.74, 6) is 0.130. The van der Waals surface area contributed by atoms with Crippen molar-refractivity contribution in [3.63, 3.8) is 0 Å². The van der Waals surface area contributed by atoms with Gasteiger partial charge in [0.15, 0.2) is 0 Å². The second kappa shape index (κ2) is 8.06. The van der Waals surface area contributed by atoms with E-state index in [0.29, 0.717) is 17.0 Å². The van der Waals surface area contributed by atoms with E-state index in [1.54, 1.807) is 32.9 Å². The van der Waals surface area contributed by atoms with Gasteiger partial charge in [-0.05, 0) is 37.3 Å². The van der Waals surface area contributed by atoms with Crippen LogP contribution in [0.4, 0.5) is 5.69 Å². The number of anilines is 1. The average molecular weight is 455 g/mol. The van der Waals surface area contributed by atoms with Gasteiger partial charge in [-0.2, -0.15) is 0 Å². The van der Waals surface area contributed by atoms with E-state index in [1.165, 1.54) is 0 Å². The van der Waals surface area contributed by atoms with Crippen molar-refractivity contribution in [2.75, 3.05) is 18.5 Å². The third kappa shape index (κ3) is 4.10. The lowest BCUT2D eigenvalue weighted by Gasteiger charge is -2.17. The number of phenolic OH excluding ortho intramolecular Hbond substituents is 1. The molecule has 2 heterocycles. The van der Waals surface area contributed by atoms with Crippen molar-refractivity contribution in [3.8, 4) is 17.2 Å². The molecular weight excluding hydrogens is 424 g/mol. The fraction of sp³-hybridized carbons (Fsp3) is 0.417. The number of nitrogens with one attached hydrogen (secondary N) is 1. The minimum absolute atomic E-state index is 0.0517. The van der Waals surface area contributed by atoms with Crippen LogP contribution in [0.5, 0.6) is 11.5 Å². The molecule has 33 heavy (non-hydrogen) atoms. The van der Waals surface area contributed by atoms with E-state index in [9.17, 15) is 14.7 Å². The van der Waals surface area contributed by atoms with Crippen LogP contribution in [0.3, 0.4) is 0 Å². The molecule has 9 nitrogen and oxygen atoms in total. The van der Waals surface area contributed by atoms with Gasteiger partial charge < -0.3 is 19.9 Å². The molecule has 9 heteroatoms. The number of nitrogens with zero attached hydrogens (tertiary/aromatic N) is 3. The highest BCUT2D eigenvalue weighted by Gasteiger charge is 2.28. The molecule has 0 fully saturated rings. The van der Waals surface area contributed by atoms with Crippen molar-refractivity contribution < 1.29 is 24.2 Å². The molecule has 2 N–H and O–H groups in total. The summed E-state index contributed by atoms with van der Waals surface area (Å²) in [7, 11) is 0. The average Bonchev–Trinajstić information content (AvgIpc) is 3.40. The number of carbonyl (C=O) groups excluding carboxylic acids is 2. The van der Waals surface area contributed by atoms with Gasteiger partial charge in [-0.1, -0.05) is 34.6 Å². The number of fused-ring (bicyclic) bond motifs is 4. The molecule has 0 saturated heterocycles. The third-order valence-electron chi connectivity index (χ3n) is 5.49. The monoisotopic (exact) mass is 454 g/mol. The van der Waals surface area contributed by atoms with Gasteiger partial charge in [-0.25, -0.2) is 0 Å². The number of benzene rings is 2. The molecule has 2 aromatic heterocycles. The minimum atomic E-state index is -0.482. The van der Waals surface area contributed by atoms with Crippen molar-refractivity contribution in [1.29, 1.82) is 0 Å². The van der Waals surface area contributed by atoms with Gasteiger partial charge in [0, 0.05) is 16.7 Å². The number of esters is 1. The van der Waals surface area contributed by atoms with E-state index in [0.717, 1.165) is 16.7 Å². The zero-order chi connectivity index (χ0) is 24.1. The summed E-state index contributed by atoms with van der Waals surface area (Å²) < 4.78 is 14.6. The molecule has 0 atom stereocenters. The fourth-order valence-electron chi connectivity index (χ4n) is 3.39. The Hall–Kier alpha value is -3.62. The Morgan fingerprint density at radius 2 is 1.76 bits per heavy atom. The number of hydrogen-bond acceptors (Lipinski definition) is 5. The minimum Gasteiger partial charge on any atom is -0.505 e. The van der Waals surface area contributed by atoms with Crippen LogP contribution in [0.25, 0.3) is 16.7 Å². The van der Waals surface area contributed by atoms with Crippen LogP contribution in [0.2, 0.25) is 0 Å². The highest BCUT2D eigenvalue weighted by molar-refractivity contribution is 5.96. The van der Waals surface area contributed by atoms with Gasteiger partial charge in [0.1, 0.15) is 41.4 Å². The first-order valence-electron chi connectivity index (χ1n) is 11.0. The molecule has 0 spiro atoms. The molecule has 1 amide bonds. The van der Waals surface area contributed by atoms with Gasteiger partial charge in [-0.15, -0.1) is 14.1 Å². The molecule has 176 valence electrons. The van der Waals surface area contributed by atoms with Crippen LogP contribution in [-0.4, -0.2) is 44.3 Å². The van der Waals surface area contributed by atoms with Crippen LogP contribution in [0.1, 0.15) is 40.2 Å². The fourth-order valence-corrected chi connectivity index (χ4v) is 3.39. The highest BCUT2D eigenvalue weighted by Crippen LogP contribution is 2.37. The van der Waals surface area contributed by atoms with Crippen LogP contribution in [0.15, 0.2) is 30.3 Å². The molecule has 2 aromatic carbocycles. The summed E-state index contributed by atoms with van der Waals surface area (Å²) in [4.78, 5) is 25.7.